The molecule has 4 nitrogen and oxygen atoms in total. The van der Waals surface area contributed by atoms with Gasteiger partial charge in [-0.2, -0.15) is 0 Å². The number of aromatic carboxylic acids is 1. The highest BCUT2D eigenvalue weighted by Crippen LogP contribution is 2.41. The van der Waals surface area contributed by atoms with Gasteiger partial charge in [0.15, 0.2) is 5.75 Å². The van der Waals surface area contributed by atoms with Crippen molar-refractivity contribution in [3.05, 3.63) is 22.7 Å². The topological polar surface area (TPSA) is 49.8 Å². The molecule has 1 N–H and O–H groups in total. The minimum atomic E-state index is -1.03. The first kappa shape index (κ1) is 13.0. The van der Waals surface area contributed by atoms with Crippen molar-refractivity contribution in [2.24, 2.45) is 0 Å². The van der Waals surface area contributed by atoms with E-state index in [2.05, 4.69) is 4.90 Å². The molecule has 0 fully saturated rings. The number of rotatable bonds is 2. The first-order valence-corrected chi connectivity index (χ1v) is 6.22. The third-order valence-electron chi connectivity index (χ3n) is 2.94. The Labute approximate surface area is 111 Å². The molecule has 0 saturated heterocycles. The van der Waals surface area contributed by atoms with Crippen LogP contribution in [0.4, 0.5) is 5.69 Å². The second-order valence-electron chi connectivity index (χ2n) is 4.98. The van der Waals surface area contributed by atoms with Crippen molar-refractivity contribution in [2.45, 2.75) is 26.4 Å². The Balaban J connectivity index is 2.63. The van der Waals surface area contributed by atoms with Crippen LogP contribution in [0.3, 0.4) is 0 Å². The third-order valence-corrected chi connectivity index (χ3v) is 3.16. The predicted octanol–water partition coefficient (Wildman–Crippen LogP) is 3.04. The van der Waals surface area contributed by atoms with Gasteiger partial charge < -0.3 is 14.7 Å². The summed E-state index contributed by atoms with van der Waals surface area (Å²) in [6.07, 6.45) is 0. The molecule has 1 aliphatic heterocycles. The van der Waals surface area contributed by atoms with Gasteiger partial charge in [0.05, 0.1) is 12.2 Å². The Morgan fingerprint density at radius 1 is 1.56 bits per heavy atom. The fraction of sp³-hybridized carbons (Fsp3) is 0.462. The van der Waals surface area contributed by atoms with Crippen LogP contribution in [0.1, 0.15) is 31.1 Å². The summed E-state index contributed by atoms with van der Waals surface area (Å²) in [4.78, 5) is 13.4. The first-order chi connectivity index (χ1) is 8.34. The molecule has 0 aromatic heterocycles. The van der Waals surface area contributed by atoms with E-state index in [0.29, 0.717) is 17.3 Å². The number of ether oxygens (including phenoxy) is 1. The smallest absolute Gasteiger partial charge is 0.339 e. The maximum atomic E-state index is 11.3. The van der Waals surface area contributed by atoms with Crippen molar-refractivity contribution < 1.29 is 14.6 Å². The number of hydrogen-bond donors (Lipinski definition) is 1. The molecule has 98 valence electrons. The monoisotopic (exact) mass is 269 g/mol. The van der Waals surface area contributed by atoms with Gasteiger partial charge in [-0.1, -0.05) is 11.6 Å². The molecule has 0 atom stereocenters. The molecule has 1 aliphatic rings. The van der Waals surface area contributed by atoms with Crippen molar-refractivity contribution in [1.29, 1.82) is 0 Å². The largest absolute Gasteiger partial charge is 0.483 e. The van der Waals surface area contributed by atoms with E-state index in [1.165, 1.54) is 6.07 Å². The zero-order chi connectivity index (χ0) is 13.5. The average Bonchev–Trinajstić information content (AvgIpc) is 2.27. The van der Waals surface area contributed by atoms with Gasteiger partial charge in [-0.25, -0.2) is 4.79 Å². The molecule has 0 spiro atoms. The Bertz CT molecular complexity index is 499. The van der Waals surface area contributed by atoms with Crippen LogP contribution in [-0.4, -0.2) is 29.8 Å². The van der Waals surface area contributed by atoms with Gasteiger partial charge >= 0.3 is 5.97 Å². The summed E-state index contributed by atoms with van der Waals surface area (Å²) >= 11 is 5.97. The van der Waals surface area contributed by atoms with Gasteiger partial charge in [0.25, 0.3) is 0 Å². The maximum Gasteiger partial charge on any atom is 0.339 e. The molecule has 1 aromatic rings. The standard InChI is InChI=1S/C13H16ClNO3/c1-4-15-7-13(2,3)18-11-9(12(16)17)5-8(14)6-10(11)15/h5-6H,4,7H2,1-3H3,(H,16,17). The summed E-state index contributed by atoms with van der Waals surface area (Å²) in [5, 5.41) is 9.65. The lowest BCUT2D eigenvalue weighted by molar-refractivity contribution is 0.0670. The molecule has 1 aromatic carbocycles. The summed E-state index contributed by atoms with van der Waals surface area (Å²) in [5.41, 5.74) is 0.451. The molecule has 5 heteroatoms. The highest BCUT2D eigenvalue weighted by Gasteiger charge is 2.34. The number of anilines is 1. The fourth-order valence-corrected chi connectivity index (χ4v) is 2.43. The second-order valence-corrected chi connectivity index (χ2v) is 5.42. The van der Waals surface area contributed by atoms with E-state index in [0.717, 1.165) is 12.2 Å². The van der Waals surface area contributed by atoms with Crippen LogP contribution in [0.15, 0.2) is 12.1 Å². The zero-order valence-electron chi connectivity index (χ0n) is 10.7. The summed E-state index contributed by atoms with van der Waals surface area (Å²) in [7, 11) is 0. The Morgan fingerprint density at radius 3 is 2.78 bits per heavy atom. The lowest BCUT2D eigenvalue weighted by Gasteiger charge is -2.41. The molecule has 0 bridgehead atoms. The Hall–Kier alpha value is -1.42. The maximum absolute atomic E-state index is 11.3. The third kappa shape index (κ3) is 2.25. The normalized spacial score (nSPS) is 17.0. The molecular formula is C13H16ClNO3. The number of nitrogens with zero attached hydrogens (tertiary/aromatic N) is 1. The van der Waals surface area contributed by atoms with Gasteiger partial charge in [0.1, 0.15) is 11.2 Å². The van der Waals surface area contributed by atoms with Gasteiger partial charge in [-0.15, -0.1) is 0 Å². The molecule has 0 unspecified atom stereocenters. The number of carbonyl (C=O) groups is 1. The van der Waals surface area contributed by atoms with Crippen LogP contribution in [0.25, 0.3) is 0 Å². The highest BCUT2D eigenvalue weighted by molar-refractivity contribution is 6.31. The molecule has 0 aliphatic carbocycles. The van der Waals surface area contributed by atoms with E-state index >= 15 is 0 Å². The van der Waals surface area contributed by atoms with Crippen molar-refractivity contribution in [3.8, 4) is 5.75 Å². The SMILES string of the molecule is CCN1CC(C)(C)Oc2c(C(=O)O)cc(Cl)cc21. The van der Waals surface area contributed by atoms with Crippen LogP contribution < -0.4 is 9.64 Å². The van der Waals surface area contributed by atoms with Crippen molar-refractivity contribution in [2.75, 3.05) is 18.0 Å². The first-order valence-electron chi connectivity index (χ1n) is 5.85. The number of carboxylic acids is 1. The Morgan fingerprint density at radius 2 is 2.22 bits per heavy atom. The lowest BCUT2D eigenvalue weighted by Crippen LogP contribution is -2.47. The van der Waals surface area contributed by atoms with E-state index in [4.69, 9.17) is 16.3 Å². The molecule has 2 rings (SSSR count). The minimum absolute atomic E-state index is 0.115. The molecule has 1 heterocycles. The summed E-state index contributed by atoms with van der Waals surface area (Å²) < 4.78 is 5.82. The summed E-state index contributed by atoms with van der Waals surface area (Å²) in [6, 6.07) is 3.18. The van der Waals surface area contributed by atoms with Crippen LogP contribution in [-0.2, 0) is 0 Å². The van der Waals surface area contributed by atoms with Crippen molar-refractivity contribution >= 4 is 23.3 Å². The van der Waals surface area contributed by atoms with Gasteiger partial charge in [-0.05, 0) is 32.9 Å². The van der Waals surface area contributed by atoms with Crippen molar-refractivity contribution in [3.63, 3.8) is 0 Å². The van der Waals surface area contributed by atoms with E-state index in [1.54, 1.807) is 6.07 Å². The average molecular weight is 270 g/mol. The minimum Gasteiger partial charge on any atom is -0.483 e. The van der Waals surface area contributed by atoms with E-state index in [1.807, 2.05) is 20.8 Å². The van der Waals surface area contributed by atoms with Crippen LogP contribution in [0.2, 0.25) is 5.02 Å². The molecular weight excluding hydrogens is 254 g/mol. The number of carboxylic acid groups (broad SMARTS) is 1. The van der Waals surface area contributed by atoms with E-state index in [-0.39, 0.29) is 5.56 Å². The van der Waals surface area contributed by atoms with Gasteiger partial charge in [-0.3, -0.25) is 0 Å². The molecule has 0 saturated carbocycles. The number of hydrogen-bond acceptors (Lipinski definition) is 3. The number of benzene rings is 1. The highest BCUT2D eigenvalue weighted by atomic mass is 35.5. The molecule has 0 amide bonds. The van der Waals surface area contributed by atoms with E-state index < -0.39 is 11.6 Å². The van der Waals surface area contributed by atoms with Gasteiger partial charge in [0.2, 0.25) is 0 Å². The molecule has 0 radical (unpaired) electrons. The van der Waals surface area contributed by atoms with Crippen LogP contribution in [0.5, 0.6) is 5.75 Å². The second kappa shape index (κ2) is 4.35. The van der Waals surface area contributed by atoms with Crippen molar-refractivity contribution in [1.82, 2.24) is 0 Å². The quantitative estimate of drug-likeness (QED) is 0.897. The Kier molecular flexibility index (Phi) is 3.15. The number of halogens is 1. The summed E-state index contributed by atoms with van der Waals surface area (Å²) in [5.74, 6) is -0.618. The zero-order valence-corrected chi connectivity index (χ0v) is 11.4. The van der Waals surface area contributed by atoms with Gasteiger partial charge in [0, 0.05) is 11.6 Å². The fourth-order valence-electron chi connectivity index (χ4n) is 2.22. The number of likely N-dealkylation sites (N-methyl/N-ethyl adjacent to an activating group) is 1. The predicted molar refractivity (Wildman–Crippen MR) is 71.0 cm³/mol. The lowest BCUT2D eigenvalue weighted by atomic mass is 10.0. The van der Waals surface area contributed by atoms with Crippen LogP contribution >= 0.6 is 11.6 Å². The summed E-state index contributed by atoms with van der Waals surface area (Å²) in [6.45, 7) is 7.39. The van der Waals surface area contributed by atoms with Crippen LogP contribution in [0, 0.1) is 0 Å². The number of fused-ring (bicyclic) bond motifs is 1. The molecule has 18 heavy (non-hydrogen) atoms. The van der Waals surface area contributed by atoms with E-state index in [9.17, 15) is 9.90 Å².